The zero-order chi connectivity index (χ0) is 37.1. The van der Waals surface area contributed by atoms with Gasteiger partial charge in [-0.3, -0.25) is 0 Å². The van der Waals surface area contributed by atoms with Gasteiger partial charge in [0.05, 0.1) is 5.41 Å². The van der Waals surface area contributed by atoms with Gasteiger partial charge < -0.3 is 0 Å². The van der Waals surface area contributed by atoms with Crippen molar-refractivity contribution in [3.05, 3.63) is 222 Å². The molecule has 2 heterocycles. The van der Waals surface area contributed by atoms with E-state index in [2.05, 4.69) is 176 Å². The molecular weight excluding hydrogens is 699 g/mol. The summed E-state index contributed by atoms with van der Waals surface area (Å²) in [4.78, 5) is 17.7. The molecule has 4 heteroatoms. The number of benzene rings is 8. The lowest BCUT2D eigenvalue weighted by Gasteiger charge is -2.39. The van der Waals surface area contributed by atoms with E-state index < -0.39 is 0 Å². The minimum Gasteiger partial charge on any atom is -0.208 e. The molecule has 0 saturated heterocycles. The Bertz CT molecular complexity index is 2890. The van der Waals surface area contributed by atoms with Gasteiger partial charge in [-0.05, 0) is 73.8 Å². The highest BCUT2D eigenvalue weighted by Crippen LogP contribution is 2.62. The fourth-order valence-corrected chi connectivity index (χ4v) is 9.90. The number of hydrogen-bond donors (Lipinski definition) is 0. The molecule has 1 aliphatic carbocycles. The lowest BCUT2D eigenvalue weighted by molar-refractivity contribution is 0.722. The predicted molar refractivity (Wildman–Crippen MR) is 228 cm³/mol. The third-order valence-corrected chi connectivity index (χ3v) is 12.4. The molecule has 1 aliphatic heterocycles. The number of nitrogens with zero attached hydrogens (tertiary/aromatic N) is 3. The largest absolute Gasteiger partial charge is 0.208 e. The van der Waals surface area contributed by atoms with Gasteiger partial charge >= 0.3 is 0 Å². The van der Waals surface area contributed by atoms with Crippen LogP contribution in [0.25, 0.3) is 67.5 Å². The van der Waals surface area contributed by atoms with Crippen LogP contribution in [0.4, 0.5) is 0 Å². The van der Waals surface area contributed by atoms with Gasteiger partial charge in [0.15, 0.2) is 17.5 Å². The summed E-state index contributed by atoms with van der Waals surface area (Å²) in [6, 6.07) is 71.6. The molecule has 9 aromatic rings. The Hall–Kier alpha value is -6.88. The van der Waals surface area contributed by atoms with Gasteiger partial charge in [-0.25, -0.2) is 15.0 Å². The molecule has 11 rings (SSSR count). The van der Waals surface area contributed by atoms with Crippen molar-refractivity contribution in [1.29, 1.82) is 0 Å². The van der Waals surface area contributed by atoms with Crippen LogP contribution in [-0.2, 0) is 5.41 Å². The topological polar surface area (TPSA) is 38.7 Å². The number of hydrogen-bond acceptors (Lipinski definition) is 4. The zero-order valence-corrected chi connectivity index (χ0v) is 31.1. The Morgan fingerprint density at radius 1 is 0.286 bits per heavy atom. The van der Waals surface area contributed by atoms with Crippen LogP contribution in [-0.4, -0.2) is 15.0 Å². The van der Waals surface area contributed by atoms with E-state index in [9.17, 15) is 0 Å². The van der Waals surface area contributed by atoms with Crippen LogP contribution in [0.15, 0.2) is 210 Å². The number of rotatable bonds is 5. The summed E-state index contributed by atoms with van der Waals surface area (Å²) in [5, 5.41) is 0. The highest BCUT2D eigenvalue weighted by atomic mass is 32.2. The first-order valence-electron chi connectivity index (χ1n) is 18.9. The summed E-state index contributed by atoms with van der Waals surface area (Å²) in [5.74, 6) is 1.93. The molecule has 2 aliphatic rings. The van der Waals surface area contributed by atoms with Gasteiger partial charge in [-0.15, -0.1) is 0 Å². The summed E-state index contributed by atoms with van der Waals surface area (Å²) in [6.07, 6.45) is 0. The lowest BCUT2D eigenvalue weighted by atomic mass is 9.67. The fourth-order valence-electron chi connectivity index (χ4n) is 8.67. The molecule has 8 aromatic carbocycles. The third-order valence-electron chi connectivity index (χ3n) is 11.2. The average Bonchev–Trinajstić information content (AvgIpc) is 3.57. The molecule has 1 aromatic heterocycles. The van der Waals surface area contributed by atoms with Crippen molar-refractivity contribution in [2.75, 3.05) is 0 Å². The Kier molecular flexibility index (Phi) is 7.64. The van der Waals surface area contributed by atoms with Crippen LogP contribution >= 0.6 is 11.8 Å². The van der Waals surface area contributed by atoms with Gasteiger partial charge in [-0.2, -0.15) is 0 Å². The number of fused-ring (bicyclic) bond motifs is 9. The maximum atomic E-state index is 5.10. The SMILES string of the molecule is c1ccc(-c2ccc(-c3nc(-c4ccccc4)nc(-c4cccc(-c5ccc6c(c5)Sc5ccccc5C65c6ccccc6-c6ccccc65)c4)n3)cc2)cc1. The Labute approximate surface area is 330 Å². The van der Waals surface area contributed by atoms with E-state index in [0.717, 1.165) is 33.4 Å². The molecule has 0 saturated carbocycles. The van der Waals surface area contributed by atoms with E-state index in [4.69, 9.17) is 15.0 Å². The van der Waals surface area contributed by atoms with E-state index in [1.807, 2.05) is 36.0 Å². The minimum atomic E-state index is -0.390. The van der Waals surface area contributed by atoms with Crippen LogP contribution in [0.3, 0.4) is 0 Å². The molecule has 0 bridgehead atoms. The average molecular weight is 732 g/mol. The zero-order valence-electron chi connectivity index (χ0n) is 30.3. The van der Waals surface area contributed by atoms with E-state index in [-0.39, 0.29) is 5.41 Å². The molecule has 0 atom stereocenters. The van der Waals surface area contributed by atoms with Crippen LogP contribution in [0.5, 0.6) is 0 Å². The number of aromatic nitrogens is 3. The summed E-state index contributed by atoms with van der Waals surface area (Å²) in [5.41, 5.74) is 15.0. The van der Waals surface area contributed by atoms with Crippen molar-refractivity contribution in [3.63, 3.8) is 0 Å². The van der Waals surface area contributed by atoms with Crippen LogP contribution < -0.4 is 0 Å². The lowest BCUT2D eigenvalue weighted by Crippen LogP contribution is -2.31. The Balaban J connectivity index is 1.02. The monoisotopic (exact) mass is 731 g/mol. The van der Waals surface area contributed by atoms with Gasteiger partial charge in [0.2, 0.25) is 0 Å². The van der Waals surface area contributed by atoms with Gasteiger partial charge in [-0.1, -0.05) is 194 Å². The molecule has 56 heavy (non-hydrogen) atoms. The summed E-state index contributed by atoms with van der Waals surface area (Å²) in [6.45, 7) is 0. The molecule has 0 fully saturated rings. The highest BCUT2D eigenvalue weighted by Gasteiger charge is 2.50. The van der Waals surface area contributed by atoms with Crippen LogP contribution in [0.2, 0.25) is 0 Å². The van der Waals surface area contributed by atoms with Crippen LogP contribution in [0.1, 0.15) is 22.3 Å². The molecule has 0 radical (unpaired) electrons. The van der Waals surface area contributed by atoms with Crippen molar-refractivity contribution in [1.82, 2.24) is 15.0 Å². The summed E-state index contributed by atoms with van der Waals surface area (Å²) >= 11 is 1.87. The summed E-state index contributed by atoms with van der Waals surface area (Å²) < 4.78 is 0. The van der Waals surface area contributed by atoms with E-state index in [0.29, 0.717) is 17.5 Å². The van der Waals surface area contributed by atoms with Crippen molar-refractivity contribution < 1.29 is 0 Å². The second-order valence-electron chi connectivity index (χ2n) is 14.3. The molecule has 3 nitrogen and oxygen atoms in total. The van der Waals surface area contributed by atoms with Gasteiger partial charge in [0, 0.05) is 26.5 Å². The fraction of sp³-hybridized carbons (Fsp3) is 0.0192. The van der Waals surface area contributed by atoms with E-state index >= 15 is 0 Å². The molecule has 0 amide bonds. The molecule has 1 spiro atoms. The maximum Gasteiger partial charge on any atom is 0.164 e. The van der Waals surface area contributed by atoms with Crippen molar-refractivity contribution in [2.45, 2.75) is 15.2 Å². The predicted octanol–water partition coefficient (Wildman–Crippen LogP) is 13.0. The second kappa shape index (κ2) is 13.2. The van der Waals surface area contributed by atoms with Crippen LogP contribution in [0, 0.1) is 0 Å². The smallest absolute Gasteiger partial charge is 0.164 e. The summed E-state index contributed by atoms with van der Waals surface area (Å²) in [7, 11) is 0. The second-order valence-corrected chi connectivity index (χ2v) is 15.4. The first kappa shape index (κ1) is 32.5. The van der Waals surface area contributed by atoms with Crippen molar-refractivity contribution in [2.24, 2.45) is 0 Å². The molecule has 262 valence electrons. The normalized spacial score (nSPS) is 13.1. The van der Waals surface area contributed by atoms with Crippen molar-refractivity contribution >= 4 is 11.8 Å². The first-order valence-corrected chi connectivity index (χ1v) is 19.8. The molecule has 0 unspecified atom stereocenters. The Morgan fingerprint density at radius 3 is 1.39 bits per heavy atom. The quantitative estimate of drug-likeness (QED) is 0.177. The van der Waals surface area contributed by atoms with Gasteiger partial charge in [0.25, 0.3) is 0 Å². The third kappa shape index (κ3) is 5.18. The highest BCUT2D eigenvalue weighted by molar-refractivity contribution is 7.99. The van der Waals surface area contributed by atoms with E-state index in [1.54, 1.807) is 0 Å². The van der Waals surface area contributed by atoms with Crippen molar-refractivity contribution in [3.8, 4) is 67.5 Å². The van der Waals surface area contributed by atoms with Gasteiger partial charge in [0.1, 0.15) is 0 Å². The Morgan fingerprint density at radius 2 is 0.714 bits per heavy atom. The maximum absolute atomic E-state index is 5.10. The minimum absolute atomic E-state index is 0.390. The van der Waals surface area contributed by atoms with E-state index in [1.165, 1.54) is 48.7 Å². The molecular formula is C52H33N3S. The molecule has 0 N–H and O–H groups in total. The standard InChI is InChI=1S/C52H33N3S/c1-3-14-34(15-4-1)35-26-28-37(29-27-35)50-53-49(36-16-5-2-6-17-36)54-51(55-50)40-19-13-18-38(32-40)39-30-31-46-48(33-39)56-47-25-12-11-24-45(47)52(46)43-22-9-7-20-41(43)42-21-8-10-23-44(42)52/h1-33H. The first-order chi connectivity index (χ1) is 27.7.